The fourth-order valence-corrected chi connectivity index (χ4v) is 4.91. The van der Waals surface area contributed by atoms with Gasteiger partial charge in [-0.1, -0.05) is 60.7 Å². The Morgan fingerprint density at radius 2 is 1.02 bits per heavy atom. The summed E-state index contributed by atoms with van der Waals surface area (Å²) in [7, 11) is 2.29. The molecule has 2 N–H and O–H groups in total. The van der Waals surface area contributed by atoms with Crippen LogP contribution in [0.1, 0.15) is 52.8 Å². The number of esters is 2. The summed E-state index contributed by atoms with van der Waals surface area (Å²) in [5.41, 5.74) is -1.59. The van der Waals surface area contributed by atoms with E-state index in [2.05, 4.69) is 10.6 Å². The number of hydrogen-bond donors (Lipinski definition) is 2. The van der Waals surface area contributed by atoms with Crippen LogP contribution < -0.4 is 31.4 Å². The SMILES string of the molecule is COC(=O)c1ccc(C(=O)N[C@H]2COC[C@H]2NC(=O)c2ccc(C(=O)OC)n(OCc3ccccc3)c2=O)c(=O)n1OCc1ccccc1. The zero-order valence-corrected chi connectivity index (χ0v) is 26.5. The number of amides is 2. The maximum Gasteiger partial charge on any atom is 0.358 e. The Hall–Kier alpha value is -6.22. The third kappa shape index (κ3) is 7.85. The highest BCUT2D eigenvalue weighted by atomic mass is 16.7. The van der Waals surface area contributed by atoms with Gasteiger partial charge in [0.05, 0.1) is 39.5 Å². The fraction of sp³-hybridized carbons (Fsp3) is 0.235. The number of ether oxygens (including phenoxy) is 3. The van der Waals surface area contributed by atoms with Crippen molar-refractivity contribution in [1.82, 2.24) is 20.1 Å². The maximum atomic E-state index is 13.4. The van der Waals surface area contributed by atoms with E-state index in [1.54, 1.807) is 60.7 Å². The quantitative estimate of drug-likeness (QED) is 0.203. The van der Waals surface area contributed by atoms with Crippen molar-refractivity contribution in [2.75, 3.05) is 27.4 Å². The van der Waals surface area contributed by atoms with Crippen molar-refractivity contribution in [3.8, 4) is 0 Å². The van der Waals surface area contributed by atoms with Gasteiger partial charge in [0.25, 0.3) is 22.9 Å². The molecule has 49 heavy (non-hydrogen) atoms. The normalized spacial score (nSPS) is 15.1. The Kier molecular flexibility index (Phi) is 10.9. The highest BCUT2D eigenvalue weighted by Crippen LogP contribution is 2.11. The van der Waals surface area contributed by atoms with Crippen LogP contribution in [0, 0.1) is 0 Å². The molecule has 2 aromatic carbocycles. The van der Waals surface area contributed by atoms with Crippen LogP contribution in [0.5, 0.6) is 0 Å². The molecule has 1 saturated heterocycles. The molecule has 15 nitrogen and oxygen atoms in total. The topological polar surface area (TPSA) is 182 Å². The standard InChI is InChI=1S/C34H32N4O11/c1-45-33(43)27-15-13-23(31(41)37(27)48-17-21-9-5-3-6-10-21)29(39)35-25-19-47-20-26(25)36-30(40)24-14-16-28(34(44)46-2)38(32(24)42)49-18-22-11-7-4-8-12-22/h3-16,25-26H,17-20H2,1-2H3,(H,35,39)(H,36,40)/t25-,26+. The average Bonchev–Trinajstić information content (AvgIpc) is 3.55. The van der Waals surface area contributed by atoms with Gasteiger partial charge in [0, 0.05) is 0 Å². The van der Waals surface area contributed by atoms with Gasteiger partial charge in [-0.05, 0) is 35.4 Å². The van der Waals surface area contributed by atoms with Crippen molar-refractivity contribution in [1.29, 1.82) is 0 Å². The van der Waals surface area contributed by atoms with Crippen LogP contribution in [0.4, 0.5) is 0 Å². The number of pyridine rings is 2. The molecule has 0 radical (unpaired) electrons. The number of carbonyl (C=O) groups is 4. The van der Waals surface area contributed by atoms with E-state index in [9.17, 15) is 28.8 Å². The van der Waals surface area contributed by atoms with E-state index in [0.717, 1.165) is 26.4 Å². The molecule has 2 amide bonds. The molecule has 1 aliphatic heterocycles. The minimum atomic E-state index is -0.919. The molecule has 5 rings (SSSR count). The number of aromatic nitrogens is 2. The lowest BCUT2D eigenvalue weighted by Crippen LogP contribution is -2.52. The van der Waals surface area contributed by atoms with Crippen LogP contribution in [-0.4, -0.2) is 72.7 Å². The predicted molar refractivity (Wildman–Crippen MR) is 171 cm³/mol. The first-order valence-corrected chi connectivity index (χ1v) is 14.9. The molecule has 2 aromatic heterocycles. The maximum absolute atomic E-state index is 13.4. The first-order valence-electron chi connectivity index (χ1n) is 14.9. The average molecular weight is 673 g/mol. The Morgan fingerprint density at radius 3 is 1.39 bits per heavy atom. The number of nitrogens with zero attached hydrogens (tertiary/aromatic N) is 2. The Morgan fingerprint density at radius 1 is 0.633 bits per heavy atom. The molecular formula is C34H32N4O11. The van der Waals surface area contributed by atoms with Gasteiger partial charge in [-0.3, -0.25) is 19.2 Å². The highest BCUT2D eigenvalue weighted by molar-refractivity contribution is 5.96. The number of carbonyl (C=O) groups excluding carboxylic acids is 4. The van der Waals surface area contributed by atoms with E-state index in [1.165, 1.54) is 12.1 Å². The molecule has 4 aromatic rings. The third-order valence-electron chi connectivity index (χ3n) is 7.48. The molecule has 0 unspecified atom stereocenters. The zero-order chi connectivity index (χ0) is 34.9. The van der Waals surface area contributed by atoms with Crippen LogP contribution >= 0.6 is 0 Å². The predicted octanol–water partition coefficient (Wildman–Crippen LogP) is 0.768. The molecule has 1 fully saturated rings. The zero-order valence-electron chi connectivity index (χ0n) is 26.5. The Labute approximate surface area is 278 Å². The summed E-state index contributed by atoms with van der Waals surface area (Å²) in [6, 6.07) is 20.9. The van der Waals surface area contributed by atoms with Crippen molar-refractivity contribution >= 4 is 23.8 Å². The van der Waals surface area contributed by atoms with Gasteiger partial charge in [-0.2, -0.15) is 0 Å². The minimum Gasteiger partial charge on any atom is -0.464 e. The van der Waals surface area contributed by atoms with Gasteiger partial charge in [-0.15, -0.1) is 9.46 Å². The molecule has 254 valence electrons. The molecule has 2 atom stereocenters. The summed E-state index contributed by atoms with van der Waals surface area (Å²) in [5, 5.41) is 5.34. The van der Waals surface area contributed by atoms with Crippen LogP contribution in [0.15, 0.2) is 94.5 Å². The summed E-state index contributed by atoms with van der Waals surface area (Å²) in [5.74, 6) is -3.36. The summed E-state index contributed by atoms with van der Waals surface area (Å²) in [6.45, 7) is -0.220. The lowest BCUT2D eigenvalue weighted by molar-refractivity contribution is 0.0449. The molecule has 15 heteroatoms. The van der Waals surface area contributed by atoms with E-state index in [0.29, 0.717) is 20.6 Å². The molecule has 0 spiro atoms. The lowest BCUT2D eigenvalue weighted by atomic mass is 10.1. The third-order valence-corrected chi connectivity index (χ3v) is 7.48. The molecule has 0 aliphatic carbocycles. The van der Waals surface area contributed by atoms with Gasteiger partial charge >= 0.3 is 11.9 Å². The Bertz CT molecular complexity index is 1820. The summed E-state index contributed by atoms with van der Waals surface area (Å²) < 4.78 is 16.4. The van der Waals surface area contributed by atoms with E-state index >= 15 is 0 Å². The van der Waals surface area contributed by atoms with Crippen molar-refractivity contribution in [2.45, 2.75) is 25.3 Å². The summed E-state index contributed by atoms with van der Waals surface area (Å²) >= 11 is 0. The van der Waals surface area contributed by atoms with Crippen LogP contribution in [0.25, 0.3) is 0 Å². The second kappa shape index (κ2) is 15.6. The number of nitrogens with one attached hydrogen (secondary N) is 2. The van der Waals surface area contributed by atoms with Crippen molar-refractivity contribution in [3.05, 3.63) is 139 Å². The molecule has 3 heterocycles. The summed E-state index contributed by atoms with van der Waals surface area (Å²) in [6.07, 6.45) is 0. The van der Waals surface area contributed by atoms with E-state index < -0.39 is 47.0 Å². The van der Waals surface area contributed by atoms with Crippen LogP contribution in [-0.2, 0) is 27.4 Å². The summed E-state index contributed by atoms with van der Waals surface area (Å²) in [4.78, 5) is 89.4. The van der Waals surface area contributed by atoms with Gasteiger partial charge < -0.3 is 34.5 Å². The van der Waals surface area contributed by atoms with E-state index in [4.69, 9.17) is 23.9 Å². The van der Waals surface area contributed by atoms with Gasteiger partial charge in [-0.25, -0.2) is 9.59 Å². The minimum absolute atomic E-state index is 0.0265. The fourth-order valence-electron chi connectivity index (χ4n) is 4.91. The Balaban J connectivity index is 1.33. The number of hydrogen-bond acceptors (Lipinski definition) is 11. The van der Waals surface area contributed by atoms with Gasteiger partial charge in [0.15, 0.2) is 11.4 Å². The number of benzene rings is 2. The number of rotatable bonds is 12. The second-order valence-corrected chi connectivity index (χ2v) is 10.7. The highest BCUT2D eigenvalue weighted by Gasteiger charge is 2.33. The van der Waals surface area contributed by atoms with Crippen LogP contribution in [0.2, 0.25) is 0 Å². The first-order chi connectivity index (χ1) is 23.7. The largest absolute Gasteiger partial charge is 0.464 e. The van der Waals surface area contributed by atoms with Gasteiger partial charge in [0.1, 0.15) is 24.3 Å². The van der Waals surface area contributed by atoms with Crippen molar-refractivity contribution < 1.29 is 43.1 Å². The van der Waals surface area contributed by atoms with E-state index in [1.807, 2.05) is 0 Å². The molecule has 1 aliphatic rings. The second-order valence-electron chi connectivity index (χ2n) is 10.7. The first kappa shape index (κ1) is 34.1. The molecule has 0 bridgehead atoms. The monoisotopic (exact) mass is 672 g/mol. The van der Waals surface area contributed by atoms with Crippen molar-refractivity contribution in [3.63, 3.8) is 0 Å². The smallest absolute Gasteiger partial charge is 0.358 e. The lowest BCUT2D eigenvalue weighted by Gasteiger charge is -2.21. The van der Waals surface area contributed by atoms with Crippen LogP contribution in [0.3, 0.4) is 0 Å². The van der Waals surface area contributed by atoms with E-state index in [-0.39, 0.29) is 48.9 Å². The molecule has 0 saturated carbocycles. The van der Waals surface area contributed by atoms with Gasteiger partial charge in [0.2, 0.25) is 0 Å². The van der Waals surface area contributed by atoms with Crippen molar-refractivity contribution in [2.24, 2.45) is 0 Å². The molecular weight excluding hydrogens is 640 g/mol. The number of methoxy groups -OCH3 is 2.